The van der Waals surface area contributed by atoms with E-state index in [1.165, 1.54) is 17.2 Å². The maximum atomic E-state index is 11.9. The fraction of sp³-hybridized carbons (Fsp3) is 0.273. The predicted octanol–water partition coefficient (Wildman–Crippen LogP) is 1.37. The third-order valence-electron chi connectivity index (χ3n) is 2.50. The number of halogens is 1. The number of rotatable bonds is 5. The first-order valence-corrected chi connectivity index (χ1v) is 5.99. The van der Waals surface area contributed by atoms with Gasteiger partial charge >= 0.3 is 0 Å². The lowest BCUT2D eigenvalue weighted by Crippen LogP contribution is -2.24. The van der Waals surface area contributed by atoms with Crippen molar-refractivity contribution in [1.82, 2.24) is 25.0 Å². The number of anilines is 1. The van der Waals surface area contributed by atoms with Crippen LogP contribution in [0.4, 0.5) is 5.69 Å². The zero-order chi connectivity index (χ0) is 13.8. The summed E-state index contributed by atoms with van der Waals surface area (Å²) < 4.78 is 1.24. The molecular formula is C11H13ClN6O. The summed E-state index contributed by atoms with van der Waals surface area (Å²) in [4.78, 5) is 15.9. The summed E-state index contributed by atoms with van der Waals surface area (Å²) in [7, 11) is 0. The third kappa shape index (κ3) is 2.82. The molecule has 2 heterocycles. The summed E-state index contributed by atoms with van der Waals surface area (Å²) in [5.74, 6) is 0.645. The Morgan fingerprint density at radius 2 is 2.47 bits per heavy atom. The van der Waals surface area contributed by atoms with E-state index < -0.39 is 0 Å². The summed E-state index contributed by atoms with van der Waals surface area (Å²) in [6.45, 7) is 5.74. The Morgan fingerprint density at radius 1 is 1.68 bits per heavy atom. The van der Waals surface area contributed by atoms with Crippen LogP contribution in [0.3, 0.4) is 0 Å². The van der Waals surface area contributed by atoms with Gasteiger partial charge in [-0.05, 0) is 6.92 Å². The monoisotopic (exact) mass is 280 g/mol. The highest BCUT2D eigenvalue weighted by molar-refractivity contribution is 6.32. The van der Waals surface area contributed by atoms with Gasteiger partial charge in [0, 0.05) is 0 Å². The van der Waals surface area contributed by atoms with Gasteiger partial charge in [0.15, 0.2) is 0 Å². The van der Waals surface area contributed by atoms with Crippen LogP contribution in [0.2, 0.25) is 5.02 Å². The molecule has 2 aromatic rings. The van der Waals surface area contributed by atoms with E-state index in [2.05, 4.69) is 32.2 Å². The highest BCUT2D eigenvalue weighted by atomic mass is 35.5. The van der Waals surface area contributed by atoms with Gasteiger partial charge in [-0.1, -0.05) is 17.7 Å². The molecule has 2 aromatic heterocycles. The first-order chi connectivity index (χ1) is 9.13. The van der Waals surface area contributed by atoms with Gasteiger partial charge in [0.25, 0.3) is 5.56 Å². The predicted molar refractivity (Wildman–Crippen MR) is 72.1 cm³/mol. The lowest BCUT2D eigenvalue weighted by molar-refractivity contribution is 0.651. The lowest BCUT2D eigenvalue weighted by Gasteiger charge is -2.13. The van der Waals surface area contributed by atoms with Gasteiger partial charge in [0.1, 0.15) is 17.2 Å². The maximum absolute atomic E-state index is 11.9. The molecule has 2 N–H and O–H groups in total. The van der Waals surface area contributed by atoms with E-state index in [4.69, 9.17) is 11.6 Å². The highest BCUT2D eigenvalue weighted by Crippen LogP contribution is 2.20. The number of H-pyrrole nitrogens is 1. The molecule has 19 heavy (non-hydrogen) atoms. The summed E-state index contributed by atoms with van der Waals surface area (Å²) in [6.07, 6.45) is 4.49. The van der Waals surface area contributed by atoms with Gasteiger partial charge in [0.05, 0.1) is 24.5 Å². The Morgan fingerprint density at radius 3 is 3.11 bits per heavy atom. The Bertz CT molecular complexity index is 621. The minimum Gasteiger partial charge on any atom is -0.373 e. The molecule has 0 saturated heterocycles. The molecule has 0 amide bonds. The second-order valence-electron chi connectivity index (χ2n) is 3.88. The quantitative estimate of drug-likeness (QED) is 0.808. The molecule has 0 fully saturated rings. The molecule has 0 radical (unpaired) electrons. The zero-order valence-corrected chi connectivity index (χ0v) is 11.1. The molecular weight excluding hydrogens is 268 g/mol. The molecule has 0 saturated carbocycles. The number of allylic oxidation sites excluding steroid dienone is 1. The summed E-state index contributed by atoms with van der Waals surface area (Å²) in [6, 6.07) is -0.170. The molecule has 7 nitrogen and oxygen atoms in total. The maximum Gasteiger partial charge on any atom is 0.287 e. The second-order valence-corrected chi connectivity index (χ2v) is 4.26. The minimum atomic E-state index is -0.365. The first-order valence-electron chi connectivity index (χ1n) is 5.61. The van der Waals surface area contributed by atoms with Crippen LogP contribution < -0.4 is 10.9 Å². The molecule has 100 valence electrons. The molecule has 2 rings (SSSR count). The van der Waals surface area contributed by atoms with Crippen LogP contribution in [0.25, 0.3) is 0 Å². The molecule has 0 aromatic carbocycles. The topological polar surface area (TPSA) is 88.5 Å². The normalized spacial score (nSPS) is 12.1. The van der Waals surface area contributed by atoms with Crippen LogP contribution in [-0.4, -0.2) is 25.0 Å². The molecule has 1 atom stereocenters. The zero-order valence-electron chi connectivity index (χ0n) is 10.3. The smallest absolute Gasteiger partial charge is 0.287 e. The number of nitrogens with one attached hydrogen (secondary N) is 2. The van der Waals surface area contributed by atoms with Crippen LogP contribution in [0.1, 0.15) is 18.8 Å². The molecule has 8 heteroatoms. The van der Waals surface area contributed by atoms with Gasteiger partial charge in [-0.25, -0.2) is 9.67 Å². The van der Waals surface area contributed by atoms with Crippen LogP contribution in [0.5, 0.6) is 0 Å². The van der Waals surface area contributed by atoms with Gasteiger partial charge in [-0.2, -0.15) is 10.2 Å². The Labute approximate surface area is 114 Å². The number of hydrogen-bond donors (Lipinski definition) is 2. The average Bonchev–Trinajstić information content (AvgIpc) is 2.92. The van der Waals surface area contributed by atoms with E-state index in [0.29, 0.717) is 18.1 Å². The Hall–Kier alpha value is -2.15. The van der Waals surface area contributed by atoms with E-state index in [1.54, 1.807) is 6.08 Å². The van der Waals surface area contributed by atoms with Crippen molar-refractivity contribution in [1.29, 1.82) is 0 Å². The van der Waals surface area contributed by atoms with Crippen molar-refractivity contribution in [3.05, 3.63) is 46.4 Å². The van der Waals surface area contributed by atoms with Gasteiger partial charge in [-0.15, -0.1) is 6.58 Å². The summed E-state index contributed by atoms with van der Waals surface area (Å²) in [5, 5.41) is 13.6. The summed E-state index contributed by atoms with van der Waals surface area (Å²) in [5.41, 5.74) is 0.0900. The number of hydrogen-bond acceptors (Lipinski definition) is 5. The SMILES string of the molecule is C=CCn1ncc(NC(C)c2ncn[nH]2)c(Cl)c1=O. The first kappa shape index (κ1) is 13.3. The van der Waals surface area contributed by atoms with Gasteiger partial charge < -0.3 is 5.32 Å². The summed E-state index contributed by atoms with van der Waals surface area (Å²) >= 11 is 6.02. The van der Waals surface area contributed by atoms with Crippen molar-refractivity contribution in [2.45, 2.75) is 19.5 Å². The lowest BCUT2D eigenvalue weighted by atomic mass is 10.3. The van der Waals surface area contributed by atoms with Crippen molar-refractivity contribution in [3.8, 4) is 0 Å². The highest BCUT2D eigenvalue weighted by Gasteiger charge is 2.13. The number of nitrogens with zero attached hydrogens (tertiary/aromatic N) is 4. The standard InChI is InChI=1S/C11H13ClN6O/c1-3-4-18-11(19)9(12)8(5-15-18)16-7(2)10-13-6-14-17-10/h3,5-7,16H,1,4H2,2H3,(H,13,14,17). The van der Waals surface area contributed by atoms with Crippen LogP contribution in [-0.2, 0) is 6.54 Å². The van der Waals surface area contributed by atoms with E-state index in [1.807, 2.05) is 6.92 Å². The van der Waals surface area contributed by atoms with Gasteiger partial charge in [0.2, 0.25) is 0 Å². The molecule has 0 spiro atoms. The van der Waals surface area contributed by atoms with E-state index >= 15 is 0 Å². The Balaban J connectivity index is 2.24. The molecule has 0 aliphatic heterocycles. The van der Waals surface area contributed by atoms with E-state index in [9.17, 15) is 4.79 Å². The molecule has 1 unspecified atom stereocenters. The fourth-order valence-electron chi connectivity index (χ4n) is 1.54. The van der Waals surface area contributed by atoms with Crippen molar-refractivity contribution < 1.29 is 0 Å². The van der Waals surface area contributed by atoms with Gasteiger partial charge in [-0.3, -0.25) is 9.89 Å². The van der Waals surface area contributed by atoms with Crippen LogP contribution in [0.15, 0.2) is 30.0 Å². The number of aromatic amines is 1. The molecule has 0 aliphatic rings. The van der Waals surface area contributed by atoms with E-state index in [0.717, 1.165) is 0 Å². The third-order valence-corrected chi connectivity index (χ3v) is 2.87. The largest absolute Gasteiger partial charge is 0.373 e. The van der Waals surface area contributed by atoms with Crippen LogP contribution >= 0.6 is 11.6 Å². The van der Waals surface area contributed by atoms with E-state index in [-0.39, 0.29) is 16.6 Å². The molecule has 0 aliphatic carbocycles. The number of aromatic nitrogens is 5. The van der Waals surface area contributed by atoms with Crippen LogP contribution in [0, 0.1) is 0 Å². The van der Waals surface area contributed by atoms with Crippen molar-refractivity contribution in [2.24, 2.45) is 0 Å². The minimum absolute atomic E-state index is 0.0863. The Kier molecular flexibility index (Phi) is 3.96. The van der Waals surface area contributed by atoms with Crippen molar-refractivity contribution in [3.63, 3.8) is 0 Å². The average molecular weight is 281 g/mol. The van der Waals surface area contributed by atoms with Crippen molar-refractivity contribution >= 4 is 17.3 Å². The van der Waals surface area contributed by atoms with Crippen molar-refractivity contribution in [2.75, 3.05) is 5.32 Å². The molecule has 0 bridgehead atoms. The second kappa shape index (κ2) is 5.66. The fourth-order valence-corrected chi connectivity index (χ4v) is 1.74.